The van der Waals surface area contributed by atoms with Crippen molar-refractivity contribution in [1.82, 2.24) is 0 Å². The predicted molar refractivity (Wildman–Crippen MR) is 61.7 cm³/mol. The quantitative estimate of drug-likeness (QED) is 0.267. The number of rotatable bonds is 6. The van der Waals surface area contributed by atoms with Crippen LogP contribution in [0.25, 0.3) is 0 Å². The number of aliphatic hydroxyl groups excluding tert-OH is 1. The molecule has 0 saturated carbocycles. The van der Waals surface area contributed by atoms with Gasteiger partial charge in [-0.1, -0.05) is 0 Å². The molecule has 24 heteroatoms. The van der Waals surface area contributed by atoms with Crippen molar-refractivity contribution in [2.45, 2.75) is 6.92 Å². The van der Waals surface area contributed by atoms with Crippen molar-refractivity contribution in [3.05, 3.63) is 0 Å². The van der Waals surface area contributed by atoms with E-state index in [4.69, 9.17) is 5.11 Å². The van der Waals surface area contributed by atoms with Crippen LogP contribution >= 0.6 is 49.5 Å². The summed E-state index contributed by atoms with van der Waals surface area (Å²) in [5.74, 6) is 0. The van der Waals surface area contributed by atoms with Crippen LogP contribution in [0.1, 0.15) is 6.92 Å². The molecule has 16 nitrogen and oxygen atoms in total. The van der Waals surface area contributed by atoms with Crippen LogP contribution in [-0.4, -0.2) is 11.7 Å². The molecule has 0 fully saturated rings. The first-order valence-electron chi connectivity index (χ1n) is 4.31. The molecule has 1 N–H and O–H groups in total. The maximum absolute atomic E-state index is 9.24. The average Bonchev–Trinajstić information content (AvgIpc) is 2.24. The summed E-state index contributed by atoms with van der Waals surface area (Å²) in [6.45, 7) is 1.93. The Morgan fingerprint density at radius 3 is 0.654 bits per heavy atom. The molecular formula is C2H6Ce2O16P6+6. The number of hydrogen-bond donors (Lipinski definition) is 1. The van der Waals surface area contributed by atoms with Crippen LogP contribution in [-0.2, 0) is 40.3 Å². The Hall–Kier alpha value is 2.95. The van der Waals surface area contributed by atoms with Crippen molar-refractivity contribution >= 4 is 49.5 Å². The van der Waals surface area contributed by atoms with Gasteiger partial charge in [0.15, 0.2) is 0 Å². The molecule has 6 atom stereocenters. The summed E-state index contributed by atoms with van der Waals surface area (Å²) >= 11 is 0. The Labute approximate surface area is 218 Å². The normalized spacial score (nSPS) is 11.5. The van der Waals surface area contributed by atoms with Gasteiger partial charge in [0.1, 0.15) is 12.9 Å². The standard InChI is InChI=1S/C2H6O.2Ce.3O5P2/c1-2-3;;;3*1-6(2)5-7(3)4/h3H,2H2,1H3;;;;;/q;2*+3;;;. The zero-order valence-electron chi connectivity index (χ0n) is 12.0. The Bertz CT molecular complexity index is 343. The number of aliphatic hydroxyl groups is 1. The maximum Gasteiger partial charge on any atom is 3.00 e. The van der Waals surface area contributed by atoms with Crippen molar-refractivity contribution in [3.63, 3.8) is 0 Å². The van der Waals surface area contributed by atoms with Crippen molar-refractivity contribution in [2.75, 3.05) is 6.61 Å². The first-order valence-corrected chi connectivity index (χ1v) is 10.9. The molecule has 0 aliphatic carbocycles. The molecule has 0 aliphatic heterocycles. The molecule has 0 heterocycles. The van der Waals surface area contributed by atoms with E-state index in [0.717, 1.165) is 0 Å². The average molecular weight is 752 g/mol. The van der Waals surface area contributed by atoms with Gasteiger partial charge < -0.3 is 34.5 Å². The molecule has 6 unspecified atom stereocenters. The van der Waals surface area contributed by atoms with Gasteiger partial charge in [0, 0.05) is 6.61 Å². The second-order valence-corrected chi connectivity index (χ2v) is 6.55. The summed E-state index contributed by atoms with van der Waals surface area (Å²) in [6.07, 6.45) is 0. The van der Waals surface area contributed by atoms with E-state index in [1.165, 1.54) is 0 Å². The van der Waals surface area contributed by atoms with E-state index in [-0.39, 0.29) is 90.1 Å². The maximum atomic E-state index is 9.24. The van der Waals surface area contributed by atoms with Crippen LogP contribution in [0.15, 0.2) is 0 Å². The van der Waals surface area contributed by atoms with Gasteiger partial charge in [0.25, 0.3) is 0 Å². The van der Waals surface area contributed by atoms with Gasteiger partial charge in [0.2, 0.25) is 0 Å². The van der Waals surface area contributed by atoms with Crippen molar-refractivity contribution in [3.8, 4) is 0 Å². The molecule has 0 aromatic rings. The molecule has 0 amide bonds. The zero-order chi connectivity index (χ0) is 20.3. The van der Waals surface area contributed by atoms with E-state index in [1.54, 1.807) is 6.92 Å². The molecule has 0 aromatic heterocycles. The fourth-order valence-electron chi connectivity index (χ4n) is 0.163. The van der Waals surface area contributed by atoms with Crippen LogP contribution in [0.2, 0.25) is 0 Å². The monoisotopic (exact) mass is 752 g/mol. The van der Waals surface area contributed by atoms with E-state index >= 15 is 0 Å². The van der Waals surface area contributed by atoms with Crippen molar-refractivity contribution < 1.29 is 158 Å². The Morgan fingerprint density at radius 2 is 0.654 bits per heavy atom. The van der Waals surface area contributed by atoms with Crippen LogP contribution in [0, 0.1) is 83.5 Å². The van der Waals surface area contributed by atoms with Gasteiger partial charge in [-0.15, -0.1) is 0 Å². The Morgan fingerprint density at radius 1 is 0.577 bits per heavy atom. The van der Waals surface area contributed by atoms with Crippen LogP contribution in [0.4, 0.5) is 0 Å². The zero-order valence-corrected chi connectivity index (χ0v) is 23.6. The first-order chi connectivity index (χ1) is 10.8. The SMILES string of the molecule is CCO.O=[P+]([O-])O[P+](=O)[O-].O=[P+]([O-])O[P+](=O)[O-].O=[P+]([O-])O[P+](=O)[O-].[Ce+3].[Ce+3]. The summed E-state index contributed by atoms with van der Waals surface area (Å²) in [7, 11) is -19.4. The Kier molecular flexibility index (Phi) is 53.9. The summed E-state index contributed by atoms with van der Waals surface area (Å²) in [4.78, 5) is 55.4. The van der Waals surface area contributed by atoms with E-state index in [0.29, 0.717) is 0 Å². The second kappa shape index (κ2) is 32.6. The van der Waals surface area contributed by atoms with E-state index in [9.17, 15) is 56.8 Å². The van der Waals surface area contributed by atoms with Crippen LogP contribution < -0.4 is 29.4 Å². The first kappa shape index (κ1) is 42.9. The van der Waals surface area contributed by atoms with Gasteiger partial charge in [-0.3, -0.25) is 0 Å². The van der Waals surface area contributed by atoms with Crippen molar-refractivity contribution in [1.29, 1.82) is 0 Å². The smallest absolute Gasteiger partial charge is 0.563 e. The molecule has 0 aliphatic rings. The molecule has 0 spiro atoms. The molecule has 26 heavy (non-hydrogen) atoms. The second-order valence-electron chi connectivity index (χ2n) is 1.90. The fourth-order valence-corrected chi connectivity index (χ4v) is 1.47. The molecule has 0 bridgehead atoms. The third-order valence-corrected chi connectivity index (χ3v) is 3.60. The third-order valence-electron chi connectivity index (χ3n) is 0.400. The van der Waals surface area contributed by atoms with Gasteiger partial charge in [0.05, 0.1) is 0 Å². The minimum Gasteiger partial charge on any atom is -0.563 e. The summed E-state index contributed by atoms with van der Waals surface area (Å²) in [5, 5.41) is 7.57. The van der Waals surface area contributed by atoms with Crippen LogP contribution in [0.5, 0.6) is 0 Å². The third kappa shape index (κ3) is 81.2. The molecule has 0 aromatic carbocycles. The summed E-state index contributed by atoms with van der Waals surface area (Å²) < 4.78 is 64.9. The van der Waals surface area contributed by atoms with E-state index < -0.39 is 49.5 Å². The largest absolute Gasteiger partial charge is 3.00 e. The van der Waals surface area contributed by atoms with Crippen LogP contribution in [0.3, 0.4) is 0 Å². The molecule has 142 valence electrons. The minimum absolute atomic E-state index is 0. The van der Waals surface area contributed by atoms with E-state index in [1.807, 2.05) is 0 Å². The fraction of sp³-hybridized carbons (Fsp3) is 1.00. The van der Waals surface area contributed by atoms with Gasteiger partial charge in [-0.25, -0.2) is 0 Å². The topological polar surface area (TPSA) is 289 Å². The molecule has 0 rings (SSSR count). The minimum atomic E-state index is -3.24. The number of hydrogen-bond acceptors (Lipinski definition) is 16. The summed E-state index contributed by atoms with van der Waals surface area (Å²) in [6, 6.07) is 0. The predicted octanol–water partition coefficient (Wildman–Crippen LogP) is -2.89. The molecule has 0 saturated heterocycles. The summed E-state index contributed by atoms with van der Waals surface area (Å²) in [5.41, 5.74) is 0. The Balaban J connectivity index is -0.0000000517. The van der Waals surface area contributed by atoms with Crippen molar-refractivity contribution in [2.24, 2.45) is 0 Å². The van der Waals surface area contributed by atoms with E-state index in [2.05, 4.69) is 12.9 Å². The molecular weight excluding hydrogens is 746 g/mol. The molecule has 2 radical (unpaired) electrons. The van der Waals surface area contributed by atoms with Gasteiger partial charge in [-0.2, -0.15) is 0 Å². The van der Waals surface area contributed by atoms with Gasteiger partial charge >= 0.3 is 133 Å². The van der Waals surface area contributed by atoms with Gasteiger partial charge in [-0.05, 0) is 34.3 Å².